The summed E-state index contributed by atoms with van der Waals surface area (Å²) < 4.78 is 30.7. The lowest BCUT2D eigenvalue weighted by Crippen LogP contribution is -2.19. The van der Waals surface area contributed by atoms with Gasteiger partial charge in [-0.1, -0.05) is 6.42 Å². The maximum Gasteiger partial charge on any atom is 0.257 e. The van der Waals surface area contributed by atoms with E-state index >= 15 is 0 Å². The third-order valence-corrected chi connectivity index (χ3v) is 2.97. The van der Waals surface area contributed by atoms with Crippen molar-refractivity contribution in [2.24, 2.45) is 11.8 Å². The highest BCUT2D eigenvalue weighted by Crippen LogP contribution is 2.62. The predicted octanol–water partition coefficient (Wildman–Crippen LogP) is 2.07. The first kappa shape index (κ1) is 7.47. The lowest BCUT2D eigenvalue weighted by atomic mass is 9.98. The van der Waals surface area contributed by atoms with E-state index in [1.807, 2.05) is 0 Å². The monoisotopic (exact) mass is 162 g/mol. The Balaban J connectivity index is 2.07. The van der Waals surface area contributed by atoms with Crippen LogP contribution in [-0.4, -0.2) is 19.1 Å². The minimum atomic E-state index is -2.41. The first-order valence-electron chi connectivity index (χ1n) is 4.08. The molecule has 0 heterocycles. The average Bonchev–Trinajstić information content (AvgIpc) is 2.56. The lowest BCUT2D eigenvalue weighted by molar-refractivity contribution is 0.0200. The fourth-order valence-electron chi connectivity index (χ4n) is 2.28. The molecule has 11 heavy (non-hydrogen) atoms. The average molecular weight is 162 g/mol. The summed E-state index contributed by atoms with van der Waals surface area (Å²) in [4.78, 5) is 0. The van der Waals surface area contributed by atoms with Crippen LogP contribution in [0.3, 0.4) is 0 Å². The van der Waals surface area contributed by atoms with Crippen LogP contribution in [0.5, 0.6) is 0 Å². The number of halogens is 2. The van der Waals surface area contributed by atoms with Crippen molar-refractivity contribution in [1.29, 1.82) is 0 Å². The van der Waals surface area contributed by atoms with Crippen LogP contribution in [0.2, 0.25) is 0 Å². The smallest absolute Gasteiger partial charge is 0.257 e. The molecule has 0 aliphatic heterocycles. The summed E-state index contributed by atoms with van der Waals surface area (Å²) in [5.74, 6) is -3.22. The molecule has 0 aromatic rings. The molecule has 0 radical (unpaired) electrons. The maximum atomic E-state index is 12.9. The minimum absolute atomic E-state index is 0.177. The molecule has 0 saturated heterocycles. The van der Waals surface area contributed by atoms with Gasteiger partial charge in [0.1, 0.15) is 0 Å². The van der Waals surface area contributed by atoms with Crippen molar-refractivity contribution in [2.45, 2.75) is 31.3 Å². The second-order valence-electron chi connectivity index (χ2n) is 3.51. The van der Waals surface area contributed by atoms with Gasteiger partial charge in [-0.05, 0) is 12.8 Å². The standard InChI is InChI=1S/C8H12F2O/c1-11-6-4-2-3-5-7(6)8(5,9)10/h5-7H,2-4H2,1H3. The Hall–Kier alpha value is -0.180. The highest BCUT2D eigenvalue weighted by Gasteiger charge is 2.71. The molecule has 0 spiro atoms. The van der Waals surface area contributed by atoms with Crippen molar-refractivity contribution < 1.29 is 13.5 Å². The van der Waals surface area contributed by atoms with Crippen LogP contribution in [0.25, 0.3) is 0 Å². The zero-order valence-corrected chi connectivity index (χ0v) is 6.52. The second-order valence-corrected chi connectivity index (χ2v) is 3.51. The summed E-state index contributed by atoms with van der Waals surface area (Å²) >= 11 is 0. The van der Waals surface area contributed by atoms with Crippen molar-refractivity contribution in [3.8, 4) is 0 Å². The first-order chi connectivity index (χ1) is 5.18. The highest BCUT2D eigenvalue weighted by molar-refractivity contribution is 5.10. The van der Waals surface area contributed by atoms with E-state index in [0.717, 1.165) is 12.8 Å². The van der Waals surface area contributed by atoms with E-state index in [9.17, 15) is 8.78 Å². The summed E-state index contributed by atoms with van der Waals surface area (Å²) in [6.45, 7) is 0. The van der Waals surface area contributed by atoms with E-state index < -0.39 is 11.8 Å². The summed E-state index contributed by atoms with van der Waals surface area (Å²) in [5.41, 5.74) is 0. The Morgan fingerprint density at radius 2 is 2.09 bits per heavy atom. The SMILES string of the molecule is COC1CCCC2C1C2(F)F. The number of ether oxygens (including phenoxy) is 1. The summed E-state index contributed by atoms with van der Waals surface area (Å²) in [7, 11) is 1.53. The number of hydrogen-bond acceptors (Lipinski definition) is 1. The molecule has 64 valence electrons. The van der Waals surface area contributed by atoms with Gasteiger partial charge in [-0.3, -0.25) is 0 Å². The minimum Gasteiger partial charge on any atom is -0.381 e. The Bertz CT molecular complexity index is 169. The lowest BCUT2D eigenvalue weighted by Gasteiger charge is -2.17. The van der Waals surface area contributed by atoms with E-state index in [0.29, 0.717) is 6.42 Å². The number of methoxy groups -OCH3 is 1. The van der Waals surface area contributed by atoms with Gasteiger partial charge in [0, 0.05) is 13.0 Å². The predicted molar refractivity (Wildman–Crippen MR) is 36.6 cm³/mol. The molecular weight excluding hydrogens is 150 g/mol. The van der Waals surface area contributed by atoms with E-state index in [1.54, 1.807) is 0 Å². The van der Waals surface area contributed by atoms with Crippen molar-refractivity contribution >= 4 is 0 Å². The molecule has 2 aliphatic rings. The molecule has 3 atom stereocenters. The second kappa shape index (κ2) is 2.16. The van der Waals surface area contributed by atoms with Gasteiger partial charge in [-0.2, -0.15) is 0 Å². The topological polar surface area (TPSA) is 9.23 Å². The van der Waals surface area contributed by atoms with Crippen LogP contribution in [0, 0.1) is 11.8 Å². The number of fused-ring (bicyclic) bond motifs is 1. The Labute approximate surface area is 64.7 Å². The van der Waals surface area contributed by atoms with Gasteiger partial charge in [-0.25, -0.2) is 8.78 Å². The fourth-order valence-corrected chi connectivity index (χ4v) is 2.28. The fraction of sp³-hybridized carbons (Fsp3) is 1.00. The highest BCUT2D eigenvalue weighted by atomic mass is 19.3. The molecule has 2 rings (SSSR count). The van der Waals surface area contributed by atoms with Gasteiger partial charge in [0.05, 0.1) is 12.0 Å². The van der Waals surface area contributed by atoms with E-state index in [-0.39, 0.29) is 12.0 Å². The third kappa shape index (κ3) is 0.901. The van der Waals surface area contributed by atoms with Crippen molar-refractivity contribution in [2.75, 3.05) is 7.11 Å². The van der Waals surface area contributed by atoms with Crippen LogP contribution in [-0.2, 0) is 4.74 Å². The van der Waals surface area contributed by atoms with Gasteiger partial charge in [0.2, 0.25) is 0 Å². The van der Waals surface area contributed by atoms with Gasteiger partial charge >= 0.3 is 0 Å². The van der Waals surface area contributed by atoms with Crippen LogP contribution in [0.1, 0.15) is 19.3 Å². The van der Waals surface area contributed by atoms with Crippen LogP contribution in [0.15, 0.2) is 0 Å². The maximum absolute atomic E-state index is 12.9. The largest absolute Gasteiger partial charge is 0.381 e. The van der Waals surface area contributed by atoms with E-state index in [1.165, 1.54) is 7.11 Å². The Kier molecular flexibility index (Phi) is 1.46. The van der Waals surface area contributed by atoms with Crippen molar-refractivity contribution in [1.82, 2.24) is 0 Å². The molecule has 0 bridgehead atoms. The number of hydrogen-bond donors (Lipinski definition) is 0. The first-order valence-corrected chi connectivity index (χ1v) is 4.08. The van der Waals surface area contributed by atoms with Gasteiger partial charge in [-0.15, -0.1) is 0 Å². The third-order valence-electron chi connectivity index (χ3n) is 2.97. The zero-order valence-electron chi connectivity index (χ0n) is 6.52. The molecular formula is C8H12F2O. The van der Waals surface area contributed by atoms with Gasteiger partial charge in [0.25, 0.3) is 5.92 Å². The van der Waals surface area contributed by atoms with Crippen LogP contribution < -0.4 is 0 Å². The summed E-state index contributed by atoms with van der Waals surface area (Å²) in [6, 6.07) is 0. The van der Waals surface area contributed by atoms with Crippen LogP contribution in [0.4, 0.5) is 8.78 Å². The molecule has 3 unspecified atom stereocenters. The van der Waals surface area contributed by atoms with E-state index in [4.69, 9.17) is 4.74 Å². The molecule has 0 aromatic carbocycles. The Morgan fingerprint density at radius 1 is 1.36 bits per heavy atom. The number of alkyl halides is 2. The van der Waals surface area contributed by atoms with Crippen LogP contribution >= 0.6 is 0 Å². The molecule has 2 fully saturated rings. The molecule has 1 nitrogen and oxygen atoms in total. The zero-order chi connectivity index (χ0) is 8.06. The molecule has 2 aliphatic carbocycles. The van der Waals surface area contributed by atoms with Crippen molar-refractivity contribution in [3.63, 3.8) is 0 Å². The molecule has 3 heteroatoms. The quantitative estimate of drug-likeness (QED) is 0.573. The molecule has 2 saturated carbocycles. The molecule has 0 amide bonds. The van der Waals surface area contributed by atoms with Gasteiger partial charge in [0.15, 0.2) is 0 Å². The van der Waals surface area contributed by atoms with Gasteiger partial charge < -0.3 is 4.74 Å². The van der Waals surface area contributed by atoms with Crippen molar-refractivity contribution in [3.05, 3.63) is 0 Å². The molecule has 0 aromatic heterocycles. The Morgan fingerprint density at radius 3 is 2.64 bits per heavy atom. The summed E-state index contributed by atoms with van der Waals surface area (Å²) in [6.07, 6.45) is 2.23. The normalized spacial score (nSPS) is 46.6. The number of rotatable bonds is 1. The molecule has 0 N–H and O–H groups in total. The summed E-state index contributed by atoms with van der Waals surface area (Å²) in [5, 5.41) is 0. The van der Waals surface area contributed by atoms with E-state index in [2.05, 4.69) is 0 Å².